The molecule has 128 valence electrons. The van der Waals surface area contributed by atoms with E-state index in [1.165, 1.54) is 0 Å². The van der Waals surface area contributed by atoms with Crippen LogP contribution in [-0.2, 0) is 0 Å². The summed E-state index contributed by atoms with van der Waals surface area (Å²) in [6, 6.07) is 22.3. The maximum Gasteiger partial charge on any atom is 0.196 e. The van der Waals surface area contributed by atoms with E-state index in [4.69, 9.17) is 27.9 Å². The van der Waals surface area contributed by atoms with E-state index in [0.29, 0.717) is 26.9 Å². The molecule has 1 atom stereocenters. The summed E-state index contributed by atoms with van der Waals surface area (Å²) in [5, 5.41) is 0.923. The lowest BCUT2D eigenvalue weighted by Gasteiger charge is -2.28. The molecular formula is C22H14Cl2O2. The van der Waals surface area contributed by atoms with Gasteiger partial charge in [-0.1, -0.05) is 71.7 Å². The Morgan fingerprint density at radius 3 is 2.35 bits per heavy atom. The molecule has 0 fully saturated rings. The Balaban J connectivity index is 1.86. The van der Waals surface area contributed by atoms with E-state index in [1.807, 2.05) is 60.7 Å². The van der Waals surface area contributed by atoms with E-state index in [9.17, 15) is 4.79 Å². The monoisotopic (exact) mass is 380 g/mol. The lowest BCUT2D eigenvalue weighted by Crippen LogP contribution is -2.23. The summed E-state index contributed by atoms with van der Waals surface area (Å²) >= 11 is 12.1. The highest BCUT2D eigenvalue weighted by molar-refractivity contribution is 6.42. The van der Waals surface area contributed by atoms with Gasteiger partial charge >= 0.3 is 0 Å². The van der Waals surface area contributed by atoms with Crippen LogP contribution in [0.15, 0.2) is 78.4 Å². The summed E-state index contributed by atoms with van der Waals surface area (Å²) in [4.78, 5) is 13.1. The van der Waals surface area contributed by atoms with Gasteiger partial charge in [0.05, 0.1) is 15.6 Å². The first-order valence-electron chi connectivity index (χ1n) is 8.15. The van der Waals surface area contributed by atoms with Crippen molar-refractivity contribution in [2.45, 2.75) is 6.10 Å². The Labute approximate surface area is 161 Å². The zero-order valence-electron chi connectivity index (χ0n) is 13.7. The summed E-state index contributed by atoms with van der Waals surface area (Å²) < 4.78 is 6.18. The van der Waals surface area contributed by atoms with Crippen LogP contribution in [0, 0.1) is 0 Å². The largest absolute Gasteiger partial charge is 0.480 e. The van der Waals surface area contributed by atoms with Crippen molar-refractivity contribution in [3.05, 3.63) is 105 Å². The topological polar surface area (TPSA) is 26.3 Å². The van der Waals surface area contributed by atoms with Crippen LogP contribution in [0.5, 0.6) is 5.75 Å². The van der Waals surface area contributed by atoms with E-state index in [0.717, 1.165) is 11.1 Å². The molecule has 0 amide bonds. The first-order valence-corrected chi connectivity index (χ1v) is 8.91. The average molecular weight is 381 g/mol. The molecule has 3 aromatic rings. The fraction of sp³-hybridized carbons (Fsp3) is 0.0455. The van der Waals surface area contributed by atoms with Crippen molar-refractivity contribution in [3.8, 4) is 5.75 Å². The number of hydrogen-bond donors (Lipinski definition) is 0. The number of benzene rings is 3. The number of halogens is 2. The highest BCUT2D eigenvalue weighted by Crippen LogP contribution is 2.39. The van der Waals surface area contributed by atoms with Crippen LogP contribution in [-0.4, -0.2) is 5.78 Å². The molecule has 1 aliphatic rings. The fourth-order valence-electron chi connectivity index (χ4n) is 3.02. The number of Topliss-reactive ketones (excluding diaryl/α,β-unsaturated/α-hetero) is 1. The summed E-state index contributed by atoms with van der Waals surface area (Å²) in [7, 11) is 0. The highest BCUT2D eigenvalue weighted by atomic mass is 35.5. The molecule has 3 aromatic carbocycles. The summed E-state index contributed by atoms with van der Waals surface area (Å²) in [5.74, 6) is 0.546. The smallest absolute Gasteiger partial charge is 0.196 e. The SMILES string of the molecule is O=C1/C(=C/c2ccc(Cl)c(Cl)c2)[C@@H](c2ccccc2)Oc2ccccc21. The van der Waals surface area contributed by atoms with Gasteiger partial charge in [0.25, 0.3) is 0 Å². The molecule has 0 saturated carbocycles. The molecule has 4 heteroatoms. The van der Waals surface area contributed by atoms with Crippen molar-refractivity contribution in [2.75, 3.05) is 0 Å². The van der Waals surface area contributed by atoms with E-state index >= 15 is 0 Å². The molecule has 0 aromatic heterocycles. The summed E-state index contributed by atoms with van der Waals surface area (Å²) in [6.07, 6.45) is 1.34. The molecule has 0 unspecified atom stereocenters. The van der Waals surface area contributed by atoms with Crippen LogP contribution in [0.25, 0.3) is 6.08 Å². The zero-order valence-corrected chi connectivity index (χ0v) is 15.2. The van der Waals surface area contributed by atoms with Gasteiger partial charge in [0.1, 0.15) is 5.75 Å². The quantitative estimate of drug-likeness (QED) is 0.481. The number of ether oxygens (including phenoxy) is 1. The van der Waals surface area contributed by atoms with Crippen LogP contribution < -0.4 is 4.74 Å². The molecule has 2 nitrogen and oxygen atoms in total. The lowest BCUT2D eigenvalue weighted by molar-refractivity contribution is 0.0963. The summed E-state index contributed by atoms with van der Waals surface area (Å²) in [5.41, 5.74) is 2.84. The third kappa shape index (κ3) is 3.14. The van der Waals surface area contributed by atoms with Gasteiger partial charge in [-0.05, 0) is 41.5 Å². The van der Waals surface area contributed by atoms with Crippen molar-refractivity contribution < 1.29 is 9.53 Å². The molecule has 1 aliphatic heterocycles. The Kier molecular flexibility index (Phi) is 4.54. The molecule has 4 rings (SSSR count). The second-order valence-corrected chi connectivity index (χ2v) is 6.82. The van der Waals surface area contributed by atoms with Crippen molar-refractivity contribution >= 4 is 35.1 Å². The molecule has 0 saturated heterocycles. The zero-order chi connectivity index (χ0) is 18.1. The first-order chi connectivity index (χ1) is 12.6. The molecule has 0 aliphatic carbocycles. The minimum atomic E-state index is -0.479. The third-order valence-electron chi connectivity index (χ3n) is 4.29. The predicted octanol–water partition coefficient (Wildman–Crippen LogP) is 6.39. The minimum absolute atomic E-state index is 0.0493. The van der Waals surface area contributed by atoms with Gasteiger partial charge in [0.15, 0.2) is 11.9 Å². The number of rotatable bonds is 2. The number of carbonyl (C=O) groups is 1. The van der Waals surface area contributed by atoms with E-state index in [2.05, 4.69) is 0 Å². The molecule has 26 heavy (non-hydrogen) atoms. The first kappa shape index (κ1) is 16.9. The fourth-order valence-corrected chi connectivity index (χ4v) is 3.33. The maximum absolute atomic E-state index is 13.1. The van der Waals surface area contributed by atoms with Crippen LogP contribution in [0.4, 0.5) is 0 Å². The minimum Gasteiger partial charge on any atom is -0.480 e. The maximum atomic E-state index is 13.1. The van der Waals surface area contributed by atoms with Crippen LogP contribution >= 0.6 is 23.2 Å². The normalized spacial score (nSPS) is 17.7. The molecule has 0 bridgehead atoms. The van der Waals surface area contributed by atoms with Crippen molar-refractivity contribution in [2.24, 2.45) is 0 Å². The summed E-state index contributed by atoms with van der Waals surface area (Å²) in [6.45, 7) is 0. The second-order valence-electron chi connectivity index (χ2n) is 6.01. The van der Waals surface area contributed by atoms with E-state index in [-0.39, 0.29) is 5.78 Å². The van der Waals surface area contributed by atoms with Gasteiger partial charge in [0.2, 0.25) is 0 Å². The Morgan fingerprint density at radius 1 is 0.846 bits per heavy atom. The Bertz CT molecular complexity index is 1010. The van der Waals surface area contributed by atoms with E-state index < -0.39 is 6.10 Å². The molecule has 0 radical (unpaired) electrons. The van der Waals surface area contributed by atoms with Crippen molar-refractivity contribution in [1.29, 1.82) is 0 Å². The Hall–Kier alpha value is -2.55. The molecule has 0 N–H and O–H groups in total. The van der Waals surface area contributed by atoms with Gasteiger partial charge in [-0.3, -0.25) is 4.79 Å². The van der Waals surface area contributed by atoms with Crippen LogP contribution in [0.2, 0.25) is 10.0 Å². The van der Waals surface area contributed by atoms with Crippen molar-refractivity contribution in [3.63, 3.8) is 0 Å². The molecular weight excluding hydrogens is 367 g/mol. The molecule has 0 spiro atoms. The Morgan fingerprint density at radius 2 is 1.58 bits per heavy atom. The lowest BCUT2D eigenvalue weighted by atomic mass is 9.89. The van der Waals surface area contributed by atoms with Gasteiger partial charge in [-0.2, -0.15) is 0 Å². The predicted molar refractivity (Wildman–Crippen MR) is 105 cm³/mol. The highest BCUT2D eigenvalue weighted by Gasteiger charge is 2.32. The van der Waals surface area contributed by atoms with E-state index in [1.54, 1.807) is 18.2 Å². The van der Waals surface area contributed by atoms with Crippen LogP contribution in [0.3, 0.4) is 0 Å². The van der Waals surface area contributed by atoms with Gasteiger partial charge < -0.3 is 4.74 Å². The van der Waals surface area contributed by atoms with Gasteiger partial charge in [0, 0.05) is 5.57 Å². The number of para-hydroxylation sites is 1. The number of ketones is 1. The third-order valence-corrected chi connectivity index (χ3v) is 5.03. The number of carbonyl (C=O) groups excluding carboxylic acids is 1. The van der Waals surface area contributed by atoms with Gasteiger partial charge in [-0.25, -0.2) is 0 Å². The molecule has 1 heterocycles. The number of hydrogen-bond acceptors (Lipinski definition) is 2. The number of fused-ring (bicyclic) bond motifs is 1. The van der Waals surface area contributed by atoms with Gasteiger partial charge in [-0.15, -0.1) is 0 Å². The second kappa shape index (κ2) is 6.99. The average Bonchev–Trinajstić information content (AvgIpc) is 2.67. The van der Waals surface area contributed by atoms with Crippen molar-refractivity contribution in [1.82, 2.24) is 0 Å². The standard InChI is InChI=1S/C22H14Cl2O2/c23-18-11-10-14(13-19(18)24)12-17-21(25)16-8-4-5-9-20(16)26-22(17)15-6-2-1-3-7-15/h1-13,22H/b17-12-/t22-/m1/s1. The van der Waals surface area contributed by atoms with Crippen LogP contribution in [0.1, 0.15) is 27.6 Å².